The number of nitrogens with zero attached hydrogens (tertiary/aromatic N) is 2. The summed E-state index contributed by atoms with van der Waals surface area (Å²) in [4.78, 5) is 20.3. The third kappa shape index (κ3) is 3.77. The normalized spacial score (nSPS) is 17.1. The molecule has 1 aromatic heterocycles. The first kappa shape index (κ1) is 18.7. The molecule has 0 saturated carbocycles. The third-order valence-corrected chi connectivity index (χ3v) is 5.46. The Bertz CT molecular complexity index is 1070. The van der Waals surface area contributed by atoms with Crippen molar-refractivity contribution in [1.29, 1.82) is 0 Å². The van der Waals surface area contributed by atoms with Gasteiger partial charge in [-0.3, -0.25) is 9.78 Å². The molecule has 0 aliphatic carbocycles. The van der Waals surface area contributed by atoms with E-state index < -0.39 is 5.79 Å². The Morgan fingerprint density at radius 2 is 1.93 bits per heavy atom. The number of amides is 1. The van der Waals surface area contributed by atoms with Gasteiger partial charge in [-0.15, -0.1) is 0 Å². The molecule has 2 aromatic carbocycles. The minimum absolute atomic E-state index is 0.276. The number of aromatic nitrogens is 2. The molecular weight excluding hydrogens is 380 g/mol. The van der Waals surface area contributed by atoms with Crippen molar-refractivity contribution in [2.45, 2.75) is 25.2 Å². The summed E-state index contributed by atoms with van der Waals surface area (Å²) in [7, 11) is 0. The molecule has 30 heavy (non-hydrogen) atoms. The molecule has 1 saturated heterocycles. The highest BCUT2D eigenvalue weighted by Crippen LogP contribution is 2.38. The molecule has 3 aromatic rings. The van der Waals surface area contributed by atoms with Crippen LogP contribution in [-0.4, -0.2) is 34.8 Å². The van der Waals surface area contributed by atoms with Crippen molar-refractivity contribution in [3.63, 3.8) is 0 Å². The largest absolute Gasteiger partial charge is 0.462 e. The van der Waals surface area contributed by atoms with Crippen LogP contribution in [0.4, 0.5) is 5.69 Å². The zero-order valence-corrected chi connectivity index (χ0v) is 16.4. The van der Waals surface area contributed by atoms with E-state index >= 15 is 0 Å². The molecule has 2 aliphatic rings. The SMILES string of the molecule is O=C(Nc1cccc(-c2ccc3c(c2)COC2(CCNCC2)O3)c1)c1cnccn1. The molecule has 7 nitrogen and oxygen atoms in total. The van der Waals surface area contributed by atoms with Gasteiger partial charge in [-0.1, -0.05) is 18.2 Å². The maximum absolute atomic E-state index is 12.3. The van der Waals surface area contributed by atoms with Crippen LogP contribution in [-0.2, 0) is 11.3 Å². The number of fused-ring (bicyclic) bond motifs is 1. The molecule has 3 heterocycles. The van der Waals surface area contributed by atoms with Crippen molar-refractivity contribution < 1.29 is 14.3 Å². The molecule has 1 spiro atoms. The first-order valence-corrected chi connectivity index (χ1v) is 10.1. The smallest absolute Gasteiger partial charge is 0.275 e. The summed E-state index contributed by atoms with van der Waals surface area (Å²) in [5.74, 6) is 0.100. The summed E-state index contributed by atoms with van der Waals surface area (Å²) in [6, 6.07) is 13.9. The molecule has 2 N–H and O–H groups in total. The van der Waals surface area contributed by atoms with E-state index in [1.807, 2.05) is 36.4 Å². The fourth-order valence-electron chi connectivity index (χ4n) is 3.85. The molecule has 0 bridgehead atoms. The second-order valence-corrected chi connectivity index (χ2v) is 7.50. The second-order valence-electron chi connectivity index (χ2n) is 7.50. The van der Waals surface area contributed by atoms with Gasteiger partial charge in [0.2, 0.25) is 5.79 Å². The maximum atomic E-state index is 12.3. The summed E-state index contributed by atoms with van der Waals surface area (Å²) in [5, 5.41) is 6.22. The topological polar surface area (TPSA) is 85.4 Å². The first-order valence-electron chi connectivity index (χ1n) is 10.1. The van der Waals surface area contributed by atoms with Gasteiger partial charge >= 0.3 is 0 Å². The summed E-state index contributed by atoms with van der Waals surface area (Å²) in [6.07, 6.45) is 6.17. The molecule has 1 amide bonds. The van der Waals surface area contributed by atoms with Crippen molar-refractivity contribution >= 4 is 11.6 Å². The van der Waals surface area contributed by atoms with Crippen molar-refractivity contribution in [3.8, 4) is 16.9 Å². The van der Waals surface area contributed by atoms with E-state index in [2.05, 4.69) is 26.7 Å². The van der Waals surface area contributed by atoms with Gasteiger partial charge in [0.15, 0.2) is 0 Å². The lowest BCUT2D eigenvalue weighted by Crippen LogP contribution is -2.49. The highest BCUT2D eigenvalue weighted by molar-refractivity contribution is 6.02. The van der Waals surface area contributed by atoms with E-state index in [4.69, 9.17) is 9.47 Å². The number of nitrogens with one attached hydrogen (secondary N) is 2. The fraction of sp³-hybridized carbons (Fsp3) is 0.261. The number of benzene rings is 2. The standard InChI is InChI=1S/C23H22N4O3/c28-22(20-14-25-10-11-26-20)27-19-3-1-2-16(13-19)17-4-5-21-18(12-17)15-29-23(30-21)6-8-24-9-7-23/h1-5,10-14,24H,6-9,15H2,(H,27,28). The van der Waals surface area contributed by atoms with Gasteiger partial charge in [-0.25, -0.2) is 4.98 Å². The molecule has 2 aliphatic heterocycles. The van der Waals surface area contributed by atoms with Crippen LogP contribution in [0.25, 0.3) is 11.1 Å². The van der Waals surface area contributed by atoms with E-state index in [0.717, 1.165) is 48.4 Å². The predicted molar refractivity (Wildman–Crippen MR) is 112 cm³/mol. The summed E-state index contributed by atoms with van der Waals surface area (Å²) >= 11 is 0. The number of rotatable bonds is 3. The monoisotopic (exact) mass is 402 g/mol. The molecule has 0 atom stereocenters. The number of hydrogen-bond donors (Lipinski definition) is 2. The van der Waals surface area contributed by atoms with Crippen molar-refractivity contribution in [2.75, 3.05) is 18.4 Å². The molecule has 5 rings (SSSR count). The number of anilines is 1. The van der Waals surface area contributed by atoms with Crippen LogP contribution in [0.1, 0.15) is 28.9 Å². The van der Waals surface area contributed by atoms with Crippen molar-refractivity contribution in [1.82, 2.24) is 15.3 Å². The van der Waals surface area contributed by atoms with Crippen molar-refractivity contribution in [3.05, 3.63) is 72.3 Å². The lowest BCUT2D eigenvalue weighted by molar-refractivity contribution is -0.218. The second kappa shape index (κ2) is 7.85. The van der Waals surface area contributed by atoms with E-state index in [9.17, 15) is 4.79 Å². The van der Waals surface area contributed by atoms with Crippen LogP contribution in [0.2, 0.25) is 0 Å². The first-order chi connectivity index (χ1) is 14.7. The van der Waals surface area contributed by atoms with Gasteiger partial charge in [0.1, 0.15) is 11.4 Å². The Balaban J connectivity index is 1.35. The molecular formula is C23H22N4O3. The number of piperidine rings is 1. The minimum Gasteiger partial charge on any atom is -0.462 e. The third-order valence-electron chi connectivity index (χ3n) is 5.46. The summed E-state index contributed by atoms with van der Waals surface area (Å²) < 4.78 is 12.4. The molecule has 0 unspecified atom stereocenters. The van der Waals surface area contributed by atoms with Crippen LogP contribution < -0.4 is 15.4 Å². The number of hydrogen-bond acceptors (Lipinski definition) is 6. The van der Waals surface area contributed by atoms with E-state index in [1.165, 1.54) is 18.6 Å². The Labute approximate surface area is 174 Å². The highest BCUT2D eigenvalue weighted by Gasteiger charge is 2.38. The van der Waals surface area contributed by atoms with Crippen LogP contribution in [0.15, 0.2) is 61.1 Å². The van der Waals surface area contributed by atoms with Crippen molar-refractivity contribution in [2.24, 2.45) is 0 Å². The quantitative estimate of drug-likeness (QED) is 0.699. The predicted octanol–water partition coefficient (Wildman–Crippen LogP) is 3.38. The van der Waals surface area contributed by atoms with E-state index in [1.54, 1.807) is 0 Å². The molecule has 152 valence electrons. The molecule has 1 fully saturated rings. The number of carbonyl (C=O) groups is 1. The average Bonchev–Trinajstić information content (AvgIpc) is 2.80. The zero-order chi connectivity index (χ0) is 20.4. The minimum atomic E-state index is -0.496. The van der Waals surface area contributed by atoms with Crippen LogP contribution in [0.5, 0.6) is 5.75 Å². The average molecular weight is 402 g/mol. The van der Waals surface area contributed by atoms with Crippen LogP contribution >= 0.6 is 0 Å². The van der Waals surface area contributed by atoms with Crippen LogP contribution in [0.3, 0.4) is 0 Å². The Morgan fingerprint density at radius 3 is 2.77 bits per heavy atom. The number of carbonyl (C=O) groups excluding carboxylic acids is 1. The van der Waals surface area contributed by atoms with Gasteiger partial charge < -0.3 is 20.1 Å². The summed E-state index contributed by atoms with van der Waals surface area (Å²) in [5.41, 5.74) is 4.04. The maximum Gasteiger partial charge on any atom is 0.275 e. The van der Waals surface area contributed by atoms with Gasteiger partial charge in [0, 0.05) is 49.6 Å². The lowest BCUT2D eigenvalue weighted by atomic mass is 9.99. The summed E-state index contributed by atoms with van der Waals surface area (Å²) in [6.45, 7) is 2.34. The van der Waals surface area contributed by atoms with Gasteiger partial charge in [-0.2, -0.15) is 0 Å². The number of ether oxygens (including phenoxy) is 2. The Hall–Kier alpha value is -3.29. The van der Waals surface area contributed by atoms with Gasteiger partial charge in [0.25, 0.3) is 5.91 Å². The Morgan fingerprint density at radius 1 is 1.07 bits per heavy atom. The highest BCUT2D eigenvalue weighted by atomic mass is 16.7. The fourth-order valence-corrected chi connectivity index (χ4v) is 3.85. The van der Waals surface area contributed by atoms with E-state index in [0.29, 0.717) is 12.3 Å². The van der Waals surface area contributed by atoms with Gasteiger partial charge in [-0.05, 0) is 35.4 Å². The molecule has 0 radical (unpaired) electrons. The molecule has 7 heteroatoms. The van der Waals surface area contributed by atoms with Crippen LogP contribution in [0, 0.1) is 0 Å². The van der Waals surface area contributed by atoms with E-state index in [-0.39, 0.29) is 11.6 Å². The zero-order valence-electron chi connectivity index (χ0n) is 16.4. The Kier molecular flexibility index (Phi) is 4.90. The lowest BCUT2D eigenvalue weighted by Gasteiger charge is -2.41. The van der Waals surface area contributed by atoms with Gasteiger partial charge in [0.05, 0.1) is 12.8 Å².